The third kappa shape index (κ3) is 5.44. The zero-order valence-electron chi connectivity index (χ0n) is 18.6. The first-order chi connectivity index (χ1) is 15.9. The molecule has 2 heterocycles. The first kappa shape index (κ1) is 22.2. The number of pyridine rings is 1. The summed E-state index contributed by atoms with van der Waals surface area (Å²) in [5.41, 5.74) is 4.29. The van der Waals surface area contributed by atoms with E-state index < -0.39 is 0 Å². The van der Waals surface area contributed by atoms with Gasteiger partial charge in [-0.2, -0.15) is 0 Å². The molecule has 1 aliphatic rings. The van der Waals surface area contributed by atoms with Crippen LogP contribution in [0, 0.1) is 13.8 Å². The molecule has 1 aromatic heterocycles. The number of likely N-dealkylation sites (tertiary alicyclic amines) is 1. The number of carbonyl (C=O) groups is 3. The Morgan fingerprint density at radius 3 is 2.33 bits per heavy atom. The lowest BCUT2D eigenvalue weighted by molar-refractivity contribution is -0.139. The highest BCUT2D eigenvalue weighted by atomic mass is 16.5. The van der Waals surface area contributed by atoms with Crippen molar-refractivity contribution in [1.29, 1.82) is 0 Å². The second-order valence-corrected chi connectivity index (χ2v) is 8.13. The topological polar surface area (TPSA) is 88.6 Å². The van der Waals surface area contributed by atoms with Crippen LogP contribution in [0.4, 0.5) is 0 Å². The van der Waals surface area contributed by atoms with Crippen molar-refractivity contribution in [3.05, 3.63) is 88.6 Å². The van der Waals surface area contributed by atoms with Crippen molar-refractivity contribution in [2.24, 2.45) is 0 Å². The highest BCUT2D eigenvalue weighted by Gasteiger charge is 2.28. The number of hydrogen-bond donors (Lipinski definition) is 1. The Bertz CT molecular complexity index is 1170. The Morgan fingerprint density at radius 2 is 1.67 bits per heavy atom. The second kappa shape index (κ2) is 9.65. The smallest absolute Gasteiger partial charge is 0.251 e. The van der Waals surface area contributed by atoms with Gasteiger partial charge in [-0.25, -0.2) is 4.98 Å². The van der Waals surface area contributed by atoms with Crippen molar-refractivity contribution in [3.63, 3.8) is 0 Å². The monoisotopic (exact) mass is 443 g/mol. The van der Waals surface area contributed by atoms with Gasteiger partial charge in [-0.1, -0.05) is 30.3 Å². The zero-order valence-corrected chi connectivity index (χ0v) is 18.6. The van der Waals surface area contributed by atoms with Crippen LogP contribution in [-0.4, -0.2) is 27.6 Å². The fourth-order valence-electron chi connectivity index (χ4n) is 3.53. The first-order valence-electron chi connectivity index (χ1n) is 10.8. The predicted octanol–water partition coefficient (Wildman–Crippen LogP) is 4.07. The van der Waals surface area contributed by atoms with Crippen LogP contribution in [0.5, 0.6) is 11.6 Å². The maximum Gasteiger partial charge on any atom is 0.251 e. The molecular weight excluding hydrogens is 418 g/mol. The lowest BCUT2D eigenvalue weighted by Gasteiger charge is -2.14. The number of hydrogen-bond acceptors (Lipinski definition) is 5. The van der Waals surface area contributed by atoms with Gasteiger partial charge in [0.25, 0.3) is 5.91 Å². The molecule has 168 valence electrons. The number of aromatic nitrogens is 1. The maximum atomic E-state index is 12.5. The van der Waals surface area contributed by atoms with E-state index in [2.05, 4.69) is 10.3 Å². The maximum absolute atomic E-state index is 12.5. The molecule has 1 aliphatic heterocycles. The summed E-state index contributed by atoms with van der Waals surface area (Å²) >= 11 is 0. The Labute approximate surface area is 192 Å². The average Bonchev–Trinajstić information content (AvgIpc) is 3.13. The molecule has 1 N–H and O–H groups in total. The van der Waals surface area contributed by atoms with Gasteiger partial charge in [0.15, 0.2) is 0 Å². The highest BCUT2D eigenvalue weighted by Crippen LogP contribution is 2.24. The van der Waals surface area contributed by atoms with Gasteiger partial charge in [0.2, 0.25) is 17.7 Å². The normalized spacial score (nSPS) is 13.3. The highest BCUT2D eigenvalue weighted by molar-refractivity contribution is 6.01. The van der Waals surface area contributed by atoms with Crippen LogP contribution >= 0.6 is 0 Å². The van der Waals surface area contributed by atoms with E-state index in [1.54, 1.807) is 36.5 Å². The molecular formula is C26H25N3O4. The number of aryl methyl sites for hydroxylation is 2. The van der Waals surface area contributed by atoms with Crippen LogP contribution in [0.25, 0.3) is 0 Å². The molecule has 2 aromatic carbocycles. The fraction of sp³-hybridized carbons (Fsp3) is 0.231. The molecule has 0 bridgehead atoms. The quantitative estimate of drug-likeness (QED) is 0.556. The number of benzene rings is 2. The van der Waals surface area contributed by atoms with Crippen LogP contribution in [0.15, 0.2) is 60.8 Å². The molecule has 0 saturated carbocycles. The summed E-state index contributed by atoms with van der Waals surface area (Å²) in [5.74, 6) is 0.738. The van der Waals surface area contributed by atoms with E-state index >= 15 is 0 Å². The second-order valence-electron chi connectivity index (χ2n) is 8.13. The number of imide groups is 1. The molecule has 1 fully saturated rings. The minimum absolute atomic E-state index is 0.152. The van der Waals surface area contributed by atoms with E-state index in [4.69, 9.17) is 4.74 Å². The number of amides is 3. The Kier molecular flexibility index (Phi) is 6.49. The largest absolute Gasteiger partial charge is 0.439 e. The van der Waals surface area contributed by atoms with E-state index in [0.717, 1.165) is 28.0 Å². The van der Waals surface area contributed by atoms with Gasteiger partial charge in [-0.3, -0.25) is 19.3 Å². The zero-order chi connectivity index (χ0) is 23.4. The minimum atomic E-state index is -0.217. The molecule has 3 aromatic rings. The molecule has 0 unspecified atom stereocenters. The standard InChI is InChI=1S/C26H25N3O4/c1-17-3-4-18(2)22(13-17)33-23-10-7-20(14-27-23)15-28-26(32)21-8-5-19(6-9-21)16-29-24(30)11-12-25(29)31/h3-10,13-14H,11-12,15-16H2,1-2H3,(H,28,32). The third-order valence-electron chi connectivity index (χ3n) is 5.52. The van der Waals surface area contributed by atoms with Crippen molar-refractivity contribution in [2.75, 3.05) is 0 Å². The van der Waals surface area contributed by atoms with Gasteiger partial charge in [0.05, 0.1) is 6.54 Å². The fourth-order valence-corrected chi connectivity index (χ4v) is 3.53. The van der Waals surface area contributed by atoms with E-state index in [1.807, 2.05) is 38.1 Å². The summed E-state index contributed by atoms with van der Waals surface area (Å²) in [6, 6.07) is 16.5. The van der Waals surface area contributed by atoms with Gasteiger partial charge in [0.1, 0.15) is 5.75 Å². The Balaban J connectivity index is 1.30. The molecule has 3 amide bonds. The van der Waals surface area contributed by atoms with Crippen LogP contribution in [-0.2, 0) is 22.7 Å². The summed E-state index contributed by atoms with van der Waals surface area (Å²) in [4.78, 5) is 41.6. The van der Waals surface area contributed by atoms with Crippen LogP contribution < -0.4 is 10.1 Å². The summed E-state index contributed by atoms with van der Waals surface area (Å²) in [7, 11) is 0. The molecule has 0 aliphatic carbocycles. The van der Waals surface area contributed by atoms with E-state index in [1.165, 1.54) is 4.90 Å². The molecule has 7 heteroatoms. The van der Waals surface area contributed by atoms with E-state index in [0.29, 0.717) is 18.0 Å². The van der Waals surface area contributed by atoms with Crippen molar-refractivity contribution in [3.8, 4) is 11.6 Å². The number of nitrogens with zero attached hydrogens (tertiary/aromatic N) is 2. The van der Waals surface area contributed by atoms with E-state index in [9.17, 15) is 14.4 Å². The van der Waals surface area contributed by atoms with Gasteiger partial charge >= 0.3 is 0 Å². The van der Waals surface area contributed by atoms with Gasteiger partial charge in [-0.05, 0) is 54.3 Å². The summed E-state index contributed by atoms with van der Waals surface area (Å²) < 4.78 is 5.87. The molecule has 33 heavy (non-hydrogen) atoms. The molecule has 0 spiro atoms. The number of ether oxygens (including phenoxy) is 1. The number of carbonyl (C=O) groups excluding carboxylic acids is 3. The minimum Gasteiger partial charge on any atom is -0.439 e. The average molecular weight is 444 g/mol. The summed E-state index contributed by atoms with van der Waals surface area (Å²) in [6.07, 6.45) is 2.22. The van der Waals surface area contributed by atoms with Crippen LogP contribution in [0.3, 0.4) is 0 Å². The molecule has 7 nitrogen and oxygen atoms in total. The lowest BCUT2D eigenvalue weighted by Crippen LogP contribution is -2.28. The molecule has 0 radical (unpaired) electrons. The Morgan fingerprint density at radius 1 is 0.970 bits per heavy atom. The number of rotatable bonds is 7. The molecule has 1 saturated heterocycles. The van der Waals surface area contributed by atoms with Gasteiger partial charge in [0, 0.05) is 37.2 Å². The van der Waals surface area contributed by atoms with Crippen molar-refractivity contribution < 1.29 is 19.1 Å². The van der Waals surface area contributed by atoms with Crippen molar-refractivity contribution in [2.45, 2.75) is 39.8 Å². The summed E-state index contributed by atoms with van der Waals surface area (Å²) in [5, 5.41) is 2.87. The lowest BCUT2D eigenvalue weighted by atomic mass is 10.1. The summed E-state index contributed by atoms with van der Waals surface area (Å²) in [6.45, 7) is 4.56. The first-order valence-corrected chi connectivity index (χ1v) is 10.8. The van der Waals surface area contributed by atoms with Gasteiger partial charge in [-0.15, -0.1) is 0 Å². The Hall–Kier alpha value is -4.00. The van der Waals surface area contributed by atoms with Crippen LogP contribution in [0.1, 0.15) is 45.5 Å². The molecule has 4 rings (SSSR count). The van der Waals surface area contributed by atoms with Crippen LogP contribution in [0.2, 0.25) is 0 Å². The SMILES string of the molecule is Cc1ccc(C)c(Oc2ccc(CNC(=O)c3ccc(CN4C(=O)CCC4=O)cc3)cn2)c1. The van der Waals surface area contributed by atoms with Crippen molar-refractivity contribution >= 4 is 17.7 Å². The predicted molar refractivity (Wildman–Crippen MR) is 123 cm³/mol. The van der Waals surface area contributed by atoms with Gasteiger partial charge < -0.3 is 10.1 Å². The number of nitrogens with one attached hydrogen (secondary N) is 1. The third-order valence-corrected chi connectivity index (χ3v) is 5.52. The molecule has 0 atom stereocenters. The van der Waals surface area contributed by atoms with Crippen molar-refractivity contribution in [1.82, 2.24) is 15.2 Å². The van der Waals surface area contributed by atoms with E-state index in [-0.39, 0.29) is 37.1 Å².